The Kier molecular flexibility index (Phi) is 6.86. The highest BCUT2D eigenvalue weighted by atomic mass is 16.5. The largest absolute Gasteiger partial charge is 0.494 e. The van der Waals surface area contributed by atoms with E-state index in [9.17, 15) is 20.0 Å². The molecule has 0 radical (unpaired) electrons. The lowest BCUT2D eigenvalue weighted by Crippen LogP contribution is -2.28. The number of hydrogen-bond donors (Lipinski definition) is 1. The third-order valence-electron chi connectivity index (χ3n) is 4.88. The van der Waals surface area contributed by atoms with Gasteiger partial charge in [-0.3, -0.25) is 4.79 Å². The zero-order valence-corrected chi connectivity index (χ0v) is 18.1. The quantitative estimate of drug-likeness (QED) is 0.593. The summed E-state index contributed by atoms with van der Waals surface area (Å²) in [6.45, 7) is 6.52. The second-order valence-corrected chi connectivity index (χ2v) is 7.35. The summed E-state index contributed by atoms with van der Waals surface area (Å²) >= 11 is 0. The van der Waals surface area contributed by atoms with E-state index >= 15 is 0 Å². The van der Waals surface area contributed by atoms with Gasteiger partial charge < -0.3 is 9.84 Å². The fraction of sp³-hybridized carbons (Fsp3) is 0.200. The lowest BCUT2D eigenvalue weighted by Gasteiger charge is -2.10. The van der Waals surface area contributed by atoms with Crippen LogP contribution < -0.4 is 10.3 Å². The van der Waals surface area contributed by atoms with Gasteiger partial charge >= 0.3 is 5.97 Å². The van der Waals surface area contributed by atoms with Crippen LogP contribution in [0.5, 0.6) is 5.75 Å². The van der Waals surface area contributed by atoms with E-state index in [2.05, 4.69) is 18.9 Å². The number of aromatic nitrogens is 2. The first-order chi connectivity index (χ1) is 15.3. The summed E-state index contributed by atoms with van der Waals surface area (Å²) in [5.74, 6) is -0.349. The van der Waals surface area contributed by atoms with Gasteiger partial charge in [-0.2, -0.15) is 15.0 Å². The smallest absolute Gasteiger partial charge is 0.357 e. The molecule has 0 aliphatic carbocycles. The molecule has 1 aromatic heterocycles. The van der Waals surface area contributed by atoms with E-state index in [4.69, 9.17) is 4.74 Å². The van der Waals surface area contributed by atoms with Gasteiger partial charge in [-0.25, -0.2) is 4.79 Å². The number of nitrogens with zero attached hydrogens (tertiary/aromatic N) is 3. The number of nitriles is 1. The average Bonchev–Trinajstić information content (AvgIpc) is 2.78. The Morgan fingerprint density at radius 1 is 1.16 bits per heavy atom. The molecule has 1 N–H and O–H groups in total. The van der Waals surface area contributed by atoms with E-state index in [0.717, 1.165) is 10.2 Å². The SMILES string of the molecule is CCOc1ccc(-n2nc(C(=O)O)c(/C=C\c3ccc(C(C)C)cc3)c(C#N)c2=O)cc1. The predicted octanol–water partition coefficient (Wildman–Crippen LogP) is 4.49. The Morgan fingerprint density at radius 3 is 2.34 bits per heavy atom. The molecule has 162 valence electrons. The minimum atomic E-state index is -1.34. The monoisotopic (exact) mass is 429 g/mol. The first-order valence-electron chi connectivity index (χ1n) is 10.2. The standard InChI is InChI=1S/C25H23N3O4/c1-4-32-20-12-10-19(11-13-20)28-24(29)22(15-26)21(23(27-28)25(30)31)14-7-17-5-8-18(9-6-17)16(2)3/h5-14,16H,4H2,1-3H3,(H,30,31)/b14-7-. The van der Waals surface area contributed by atoms with Gasteiger partial charge in [0.05, 0.1) is 12.3 Å². The summed E-state index contributed by atoms with van der Waals surface area (Å²) in [5.41, 5.74) is 0.913. The van der Waals surface area contributed by atoms with Crippen LogP contribution in [0.3, 0.4) is 0 Å². The molecule has 7 heteroatoms. The molecule has 3 aromatic rings. The summed E-state index contributed by atoms with van der Waals surface area (Å²) in [7, 11) is 0. The fourth-order valence-corrected chi connectivity index (χ4v) is 3.16. The van der Waals surface area contributed by atoms with Crippen molar-refractivity contribution in [2.24, 2.45) is 0 Å². The maximum Gasteiger partial charge on any atom is 0.357 e. The molecular formula is C25H23N3O4. The van der Waals surface area contributed by atoms with E-state index in [-0.39, 0.29) is 16.8 Å². The first kappa shape index (κ1) is 22.5. The molecule has 0 spiro atoms. The molecule has 0 aliphatic rings. The van der Waals surface area contributed by atoms with Crippen LogP contribution in [-0.2, 0) is 0 Å². The number of carboxylic acid groups (broad SMARTS) is 1. The molecule has 0 saturated carbocycles. The molecule has 0 unspecified atom stereocenters. The maximum atomic E-state index is 13.0. The van der Waals surface area contributed by atoms with Crippen molar-refractivity contribution in [3.63, 3.8) is 0 Å². The minimum absolute atomic E-state index is 0.0277. The van der Waals surface area contributed by atoms with Crippen LogP contribution in [0.15, 0.2) is 53.3 Å². The highest BCUT2D eigenvalue weighted by molar-refractivity contribution is 5.92. The van der Waals surface area contributed by atoms with Crippen molar-refractivity contribution in [2.45, 2.75) is 26.7 Å². The van der Waals surface area contributed by atoms with Gasteiger partial charge in [-0.15, -0.1) is 0 Å². The molecular weight excluding hydrogens is 406 g/mol. The van der Waals surface area contributed by atoms with Gasteiger partial charge in [0.2, 0.25) is 0 Å². The molecule has 0 atom stereocenters. The zero-order chi connectivity index (χ0) is 23.3. The second-order valence-electron chi connectivity index (χ2n) is 7.35. The number of rotatable bonds is 7. The van der Waals surface area contributed by atoms with E-state index in [1.807, 2.05) is 37.3 Å². The molecule has 1 heterocycles. The molecule has 0 bridgehead atoms. The number of carbonyl (C=O) groups is 1. The Labute approximate surface area is 185 Å². The number of aromatic carboxylic acids is 1. The van der Waals surface area contributed by atoms with Crippen LogP contribution in [-0.4, -0.2) is 27.5 Å². The first-order valence-corrected chi connectivity index (χ1v) is 10.2. The van der Waals surface area contributed by atoms with E-state index in [1.54, 1.807) is 30.3 Å². The Hall–Kier alpha value is -4.18. The Bertz CT molecular complexity index is 1250. The number of carboxylic acids is 1. The Morgan fingerprint density at radius 2 is 1.81 bits per heavy atom. The summed E-state index contributed by atoms with van der Waals surface area (Å²) in [5, 5.41) is 23.4. The minimum Gasteiger partial charge on any atom is -0.494 e. The zero-order valence-electron chi connectivity index (χ0n) is 18.1. The van der Waals surface area contributed by atoms with Crippen LogP contribution in [0.1, 0.15) is 59.4 Å². The molecule has 2 aromatic carbocycles. The highest BCUT2D eigenvalue weighted by Gasteiger charge is 2.21. The molecule has 7 nitrogen and oxygen atoms in total. The van der Waals surface area contributed by atoms with Gasteiger partial charge in [0, 0.05) is 5.56 Å². The lowest BCUT2D eigenvalue weighted by atomic mass is 10.0. The molecule has 0 fully saturated rings. The third kappa shape index (κ3) is 4.76. The van der Waals surface area contributed by atoms with Crippen molar-refractivity contribution in [3.8, 4) is 17.5 Å². The predicted molar refractivity (Wildman–Crippen MR) is 122 cm³/mol. The third-order valence-corrected chi connectivity index (χ3v) is 4.88. The average molecular weight is 429 g/mol. The van der Waals surface area contributed by atoms with Crippen LogP contribution in [0, 0.1) is 11.3 Å². The molecule has 0 aliphatic heterocycles. The topological polar surface area (TPSA) is 105 Å². The van der Waals surface area contributed by atoms with E-state index < -0.39 is 11.5 Å². The van der Waals surface area contributed by atoms with E-state index in [0.29, 0.717) is 24.0 Å². The Balaban J connectivity index is 2.09. The summed E-state index contributed by atoms with van der Waals surface area (Å²) in [4.78, 5) is 24.9. The van der Waals surface area contributed by atoms with Gasteiger partial charge in [0.1, 0.15) is 17.4 Å². The van der Waals surface area contributed by atoms with Crippen molar-refractivity contribution in [2.75, 3.05) is 6.61 Å². The number of ether oxygens (including phenoxy) is 1. The second kappa shape index (κ2) is 9.75. The summed E-state index contributed by atoms with van der Waals surface area (Å²) < 4.78 is 6.31. The molecule has 32 heavy (non-hydrogen) atoms. The fourth-order valence-electron chi connectivity index (χ4n) is 3.16. The molecule has 0 amide bonds. The molecule has 0 saturated heterocycles. The highest BCUT2D eigenvalue weighted by Crippen LogP contribution is 2.19. The number of benzene rings is 2. The normalized spacial score (nSPS) is 11.0. The number of hydrogen-bond acceptors (Lipinski definition) is 5. The van der Waals surface area contributed by atoms with Crippen molar-refractivity contribution in [3.05, 3.63) is 86.8 Å². The van der Waals surface area contributed by atoms with Gasteiger partial charge in [-0.1, -0.05) is 50.3 Å². The van der Waals surface area contributed by atoms with Gasteiger partial charge in [0.25, 0.3) is 5.56 Å². The van der Waals surface area contributed by atoms with Gasteiger partial charge in [0.15, 0.2) is 5.69 Å². The summed E-state index contributed by atoms with van der Waals surface area (Å²) in [6, 6.07) is 16.1. The van der Waals surface area contributed by atoms with Crippen molar-refractivity contribution < 1.29 is 14.6 Å². The van der Waals surface area contributed by atoms with Crippen LogP contribution in [0.4, 0.5) is 0 Å². The van der Waals surface area contributed by atoms with Crippen molar-refractivity contribution in [1.82, 2.24) is 9.78 Å². The van der Waals surface area contributed by atoms with Crippen LogP contribution in [0.2, 0.25) is 0 Å². The molecule has 3 rings (SSSR count). The van der Waals surface area contributed by atoms with Crippen molar-refractivity contribution >= 4 is 18.1 Å². The van der Waals surface area contributed by atoms with Gasteiger partial charge in [-0.05, 0) is 48.2 Å². The van der Waals surface area contributed by atoms with Crippen molar-refractivity contribution in [1.29, 1.82) is 5.26 Å². The maximum absolute atomic E-state index is 13.0. The van der Waals surface area contributed by atoms with Crippen LogP contribution in [0.25, 0.3) is 17.8 Å². The van der Waals surface area contributed by atoms with Crippen LogP contribution >= 0.6 is 0 Å². The van der Waals surface area contributed by atoms with E-state index in [1.165, 1.54) is 11.6 Å². The lowest BCUT2D eigenvalue weighted by molar-refractivity contribution is 0.0688. The summed E-state index contributed by atoms with van der Waals surface area (Å²) in [6.07, 6.45) is 3.11.